The summed E-state index contributed by atoms with van der Waals surface area (Å²) in [5.41, 5.74) is 3.38. The summed E-state index contributed by atoms with van der Waals surface area (Å²) in [5, 5.41) is 11.3. The first kappa shape index (κ1) is 16.7. The van der Waals surface area contributed by atoms with Crippen LogP contribution in [0, 0.1) is 0 Å². The third kappa shape index (κ3) is 3.62. The Morgan fingerprint density at radius 1 is 1.28 bits per heavy atom. The Kier molecular flexibility index (Phi) is 4.85. The van der Waals surface area contributed by atoms with Crippen molar-refractivity contribution in [3.63, 3.8) is 0 Å². The van der Waals surface area contributed by atoms with Crippen LogP contribution in [-0.4, -0.2) is 28.3 Å². The smallest absolute Gasteiger partial charge is 0.285 e. The Bertz CT molecular complexity index is 845. The number of piperidine rings is 1. The summed E-state index contributed by atoms with van der Waals surface area (Å²) in [4.78, 5) is 7.65. The molecule has 0 aliphatic carbocycles. The predicted molar refractivity (Wildman–Crippen MR) is 103 cm³/mol. The summed E-state index contributed by atoms with van der Waals surface area (Å²) in [6.45, 7) is 4.28. The predicted octanol–water partition coefficient (Wildman–Crippen LogP) is 4.90. The summed E-state index contributed by atoms with van der Waals surface area (Å²) in [6, 6.07) is 8.35. The molecule has 0 amide bonds. The molecule has 1 fully saturated rings. The quantitative estimate of drug-likeness (QED) is 0.602. The Labute approximate surface area is 159 Å². The second kappa shape index (κ2) is 7.25. The number of hydrogen-bond donors (Lipinski definition) is 0. The third-order valence-electron chi connectivity index (χ3n) is 4.58. The molecule has 1 aliphatic rings. The average molecular weight is 419 g/mol. The van der Waals surface area contributed by atoms with Crippen LogP contribution in [0.4, 0.5) is 5.69 Å². The van der Waals surface area contributed by atoms with Gasteiger partial charge >= 0.3 is 0 Å². The minimum atomic E-state index is 0.403. The standard InChI is InChI=1S/C18H19BrN4OS/c1-2-14-11-25-17(20-14)13-4-3-9-23(10-13)15-7-5-12(6-8-15)16-21-22-18(19)24-16/h5-8,11,13H,2-4,9-10H2,1H3/t13-/m0/s1. The summed E-state index contributed by atoms with van der Waals surface area (Å²) < 4.78 is 5.42. The van der Waals surface area contributed by atoms with Gasteiger partial charge in [0.25, 0.3) is 4.80 Å². The minimum absolute atomic E-state index is 0.403. The van der Waals surface area contributed by atoms with Gasteiger partial charge in [0.05, 0.1) is 10.7 Å². The van der Waals surface area contributed by atoms with Crippen molar-refractivity contribution < 1.29 is 4.42 Å². The molecular weight excluding hydrogens is 400 g/mol. The molecule has 0 unspecified atom stereocenters. The molecule has 0 spiro atoms. The van der Waals surface area contributed by atoms with Gasteiger partial charge in [-0.1, -0.05) is 6.92 Å². The maximum absolute atomic E-state index is 5.42. The highest BCUT2D eigenvalue weighted by molar-refractivity contribution is 9.10. The van der Waals surface area contributed by atoms with Gasteiger partial charge < -0.3 is 9.32 Å². The van der Waals surface area contributed by atoms with E-state index in [4.69, 9.17) is 9.40 Å². The van der Waals surface area contributed by atoms with E-state index in [1.807, 2.05) is 23.5 Å². The van der Waals surface area contributed by atoms with Crippen molar-refractivity contribution in [1.29, 1.82) is 0 Å². The fourth-order valence-electron chi connectivity index (χ4n) is 3.22. The van der Waals surface area contributed by atoms with Gasteiger partial charge in [-0.3, -0.25) is 0 Å². The fraction of sp³-hybridized carbons (Fsp3) is 0.389. The molecule has 3 heterocycles. The second-order valence-corrected chi connectivity index (χ2v) is 7.79. The largest absolute Gasteiger partial charge is 0.411 e. The Morgan fingerprint density at radius 3 is 2.80 bits per heavy atom. The molecule has 25 heavy (non-hydrogen) atoms. The average Bonchev–Trinajstić information content (AvgIpc) is 3.31. The van der Waals surface area contributed by atoms with E-state index in [0.717, 1.165) is 25.1 Å². The summed E-state index contributed by atoms with van der Waals surface area (Å²) in [7, 11) is 0. The molecule has 5 nitrogen and oxygen atoms in total. The SMILES string of the molecule is CCc1csc([C@H]2CCCN(c3ccc(-c4nnc(Br)o4)cc3)C2)n1. The number of aryl methyl sites for hydroxylation is 1. The zero-order chi connectivity index (χ0) is 17.2. The molecule has 0 radical (unpaired) electrons. The Hall–Kier alpha value is -1.73. The molecule has 2 aromatic heterocycles. The van der Waals surface area contributed by atoms with Crippen molar-refractivity contribution >= 4 is 33.0 Å². The van der Waals surface area contributed by atoms with Gasteiger partial charge in [0.2, 0.25) is 5.89 Å². The number of thiazole rings is 1. The van der Waals surface area contributed by atoms with E-state index in [1.54, 1.807) is 0 Å². The van der Waals surface area contributed by atoms with Crippen molar-refractivity contribution in [2.24, 2.45) is 0 Å². The monoisotopic (exact) mass is 418 g/mol. The van der Waals surface area contributed by atoms with Crippen LogP contribution in [0.5, 0.6) is 0 Å². The third-order valence-corrected chi connectivity index (χ3v) is 5.96. The van der Waals surface area contributed by atoms with Gasteiger partial charge in [0.15, 0.2) is 0 Å². The summed E-state index contributed by atoms with van der Waals surface area (Å²) in [6.07, 6.45) is 3.44. The van der Waals surface area contributed by atoms with Crippen molar-refractivity contribution in [3.05, 3.63) is 45.1 Å². The zero-order valence-electron chi connectivity index (χ0n) is 14.0. The first-order valence-corrected chi connectivity index (χ1v) is 10.2. The van der Waals surface area contributed by atoms with E-state index in [1.165, 1.54) is 29.2 Å². The van der Waals surface area contributed by atoms with Crippen LogP contribution >= 0.6 is 27.3 Å². The van der Waals surface area contributed by atoms with Crippen LogP contribution in [-0.2, 0) is 6.42 Å². The van der Waals surface area contributed by atoms with Crippen LogP contribution in [0.2, 0.25) is 0 Å². The number of rotatable bonds is 4. The first-order chi connectivity index (χ1) is 12.2. The lowest BCUT2D eigenvalue weighted by atomic mass is 9.98. The summed E-state index contributed by atoms with van der Waals surface area (Å²) in [5.74, 6) is 1.07. The number of halogens is 1. The molecule has 1 saturated heterocycles. The van der Waals surface area contributed by atoms with E-state index >= 15 is 0 Å². The number of nitrogens with zero attached hydrogens (tertiary/aromatic N) is 4. The molecule has 1 atom stereocenters. The van der Waals surface area contributed by atoms with Crippen LogP contribution in [0.15, 0.2) is 38.9 Å². The van der Waals surface area contributed by atoms with Gasteiger partial charge in [-0.2, -0.15) is 0 Å². The molecule has 7 heteroatoms. The molecule has 130 valence electrons. The van der Waals surface area contributed by atoms with E-state index < -0.39 is 0 Å². The van der Waals surface area contributed by atoms with Crippen molar-refractivity contribution in [1.82, 2.24) is 15.2 Å². The molecule has 0 saturated carbocycles. The van der Waals surface area contributed by atoms with Gasteiger partial charge in [0, 0.05) is 51.6 Å². The number of anilines is 1. The van der Waals surface area contributed by atoms with Crippen LogP contribution < -0.4 is 4.90 Å². The van der Waals surface area contributed by atoms with E-state index in [-0.39, 0.29) is 0 Å². The minimum Gasteiger partial charge on any atom is -0.411 e. The van der Waals surface area contributed by atoms with Crippen molar-refractivity contribution in [2.75, 3.05) is 18.0 Å². The normalized spacial score (nSPS) is 17.8. The molecule has 1 aliphatic heterocycles. The summed E-state index contributed by atoms with van der Waals surface area (Å²) >= 11 is 5.00. The second-order valence-electron chi connectivity index (χ2n) is 6.22. The van der Waals surface area contributed by atoms with Gasteiger partial charge in [0.1, 0.15) is 0 Å². The molecule has 4 rings (SSSR count). The number of aromatic nitrogens is 3. The molecule has 3 aromatic rings. The lowest BCUT2D eigenvalue weighted by Crippen LogP contribution is -2.34. The molecule has 0 bridgehead atoms. The highest BCUT2D eigenvalue weighted by Gasteiger charge is 2.24. The maximum atomic E-state index is 5.42. The first-order valence-electron chi connectivity index (χ1n) is 8.51. The highest BCUT2D eigenvalue weighted by Crippen LogP contribution is 2.32. The van der Waals surface area contributed by atoms with E-state index in [2.05, 4.69) is 55.5 Å². The van der Waals surface area contributed by atoms with E-state index in [9.17, 15) is 0 Å². The Morgan fingerprint density at radius 2 is 2.12 bits per heavy atom. The highest BCUT2D eigenvalue weighted by atomic mass is 79.9. The number of hydrogen-bond acceptors (Lipinski definition) is 6. The molecular formula is C18H19BrN4OS. The lowest BCUT2D eigenvalue weighted by molar-refractivity contribution is 0.508. The Balaban J connectivity index is 1.49. The van der Waals surface area contributed by atoms with Gasteiger partial charge in [-0.25, -0.2) is 4.98 Å². The number of benzene rings is 1. The van der Waals surface area contributed by atoms with Crippen LogP contribution in [0.1, 0.15) is 36.4 Å². The zero-order valence-corrected chi connectivity index (χ0v) is 16.4. The fourth-order valence-corrected chi connectivity index (χ4v) is 4.49. The van der Waals surface area contributed by atoms with E-state index in [0.29, 0.717) is 16.6 Å². The van der Waals surface area contributed by atoms with Gasteiger partial charge in [-0.05, 0) is 43.5 Å². The maximum Gasteiger partial charge on any atom is 0.285 e. The lowest BCUT2D eigenvalue weighted by Gasteiger charge is -2.33. The van der Waals surface area contributed by atoms with Gasteiger partial charge in [-0.15, -0.1) is 21.5 Å². The topological polar surface area (TPSA) is 55.1 Å². The van der Waals surface area contributed by atoms with Crippen molar-refractivity contribution in [2.45, 2.75) is 32.1 Å². The van der Waals surface area contributed by atoms with Crippen molar-refractivity contribution in [3.8, 4) is 11.5 Å². The van der Waals surface area contributed by atoms with Crippen LogP contribution in [0.3, 0.4) is 0 Å². The molecule has 0 N–H and O–H groups in total. The molecule has 1 aromatic carbocycles. The van der Waals surface area contributed by atoms with Crippen LogP contribution in [0.25, 0.3) is 11.5 Å².